The highest BCUT2D eigenvalue weighted by Crippen LogP contribution is 2.73. The smallest absolute Gasteiger partial charge is 0.338 e. The molecule has 5 aliphatic rings. The van der Waals surface area contributed by atoms with E-state index in [0.29, 0.717) is 18.8 Å². The van der Waals surface area contributed by atoms with Gasteiger partial charge in [0, 0.05) is 6.92 Å². The lowest BCUT2D eigenvalue weighted by atomic mass is 9.36. The van der Waals surface area contributed by atoms with Crippen LogP contribution in [0.25, 0.3) is 0 Å². The summed E-state index contributed by atoms with van der Waals surface area (Å²) in [5, 5.41) is 21.1. The predicted molar refractivity (Wildman–Crippen MR) is 145 cm³/mol. The topological polar surface area (TPSA) is 110 Å². The number of ketones is 1. The molecule has 5 rings (SSSR count). The third kappa shape index (κ3) is 3.85. The van der Waals surface area contributed by atoms with Crippen LogP contribution in [0.2, 0.25) is 0 Å². The molecule has 1 heterocycles. The Kier molecular flexibility index (Phi) is 6.59. The quantitative estimate of drug-likeness (QED) is 0.461. The Labute approximate surface area is 232 Å². The molecule has 7 heteroatoms. The van der Waals surface area contributed by atoms with Gasteiger partial charge in [0.1, 0.15) is 6.10 Å². The van der Waals surface area contributed by atoms with E-state index in [1.165, 1.54) is 13.3 Å². The lowest BCUT2D eigenvalue weighted by Gasteiger charge is -2.68. The van der Waals surface area contributed by atoms with E-state index in [1.807, 2.05) is 13.8 Å². The van der Waals surface area contributed by atoms with Crippen molar-refractivity contribution in [3.05, 3.63) is 22.8 Å². The molecule has 3 fully saturated rings. The Hall–Kier alpha value is -1.99. The number of carbonyl (C=O) groups excluding carboxylic acids is 3. The van der Waals surface area contributed by atoms with Crippen LogP contribution in [0.15, 0.2) is 22.8 Å². The first-order valence-corrected chi connectivity index (χ1v) is 14.9. The van der Waals surface area contributed by atoms with Gasteiger partial charge in [-0.05, 0) is 85.2 Å². The monoisotopic (exact) mass is 542 g/mol. The van der Waals surface area contributed by atoms with Gasteiger partial charge in [-0.25, -0.2) is 4.79 Å². The Morgan fingerprint density at radius 1 is 1.08 bits per heavy atom. The van der Waals surface area contributed by atoms with Crippen LogP contribution in [-0.4, -0.2) is 45.9 Å². The highest BCUT2D eigenvalue weighted by atomic mass is 16.7. The Morgan fingerprint density at radius 2 is 1.77 bits per heavy atom. The van der Waals surface area contributed by atoms with Crippen LogP contribution in [0.4, 0.5) is 0 Å². The molecule has 9 atom stereocenters. The molecule has 39 heavy (non-hydrogen) atoms. The molecule has 0 saturated heterocycles. The standard InChI is InChI=1S/C32H46O7/c1-8-18(33)15-24(35)38-23-17-21-29(4)13-10-12-28(3,9-2)20(29)11-14-30(21,5)22-16-19(34)25-26(31(22,23)6)27(36)39-32(25,7)37/h16,18,20-21,23,33,37H,8-15,17H2,1-7H3/t18?,20-,21+,23-,28-,29-,30+,31+,32-/m0/s1. The van der Waals surface area contributed by atoms with Crippen molar-refractivity contribution >= 4 is 17.7 Å². The molecular formula is C32H46O7. The van der Waals surface area contributed by atoms with Gasteiger partial charge in [0.15, 0.2) is 5.78 Å². The summed E-state index contributed by atoms with van der Waals surface area (Å²) in [6.07, 6.45) is 7.36. The van der Waals surface area contributed by atoms with Crippen molar-refractivity contribution in [1.29, 1.82) is 0 Å². The van der Waals surface area contributed by atoms with Gasteiger partial charge in [0.05, 0.1) is 29.1 Å². The number of aliphatic hydroxyl groups excluding tert-OH is 1. The SMILES string of the molecule is CCC(O)CC(=O)O[C@H]1C[C@@H]2[C@@]3(C)CCC[C@](C)(CC)[C@@H]3CC[C@@]2(C)C2=CC(=O)C3=C(C(=O)O[C@]3(C)O)[C@]21C. The molecule has 0 aromatic heterocycles. The second-order valence-corrected chi connectivity index (χ2v) is 14.2. The first-order chi connectivity index (χ1) is 18.1. The Balaban J connectivity index is 1.67. The summed E-state index contributed by atoms with van der Waals surface area (Å²) in [5.41, 5.74) is -0.407. The zero-order chi connectivity index (χ0) is 28.8. The molecule has 2 N–H and O–H groups in total. The van der Waals surface area contributed by atoms with Crippen molar-refractivity contribution in [3.63, 3.8) is 0 Å². The summed E-state index contributed by atoms with van der Waals surface area (Å²) in [5.74, 6) is -3.04. The van der Waals surface area contributed by atoms with Crippen molar-refractivity contribution in [2.75, 3.05) is 0 Å². The Morgan fingerprint density at radius 3 is 2.41 bits per heavy atom. The molecule has 1 aliphatic heterocycles. The number of ether oxygens (including phenoxy) is 2. The average Bonchev–Trinajstić information content (AvgIpc) is 3.11. The fraction of sp³-hybridized carbons (Fsp3) is 0.781. The lowest BCUT2D eigenvalue weighted by molar-refractivity contribution is -0.185. The summed E-state index contributed by atoms with van der Waals surface area (Å²) in [6.45, 7) is 14.4. The summed E-state index contributed by atoms with van der Waals surface area (Å²) >= 11 is 0. The fourth-order valence-corrected chi connectivity index (χ4v) is 9.91. The number of hydrogen-bond acceptors (Lipinski definition) is 7. The first-order valence-electron chi connectivity index (χ1n) is 14.9. The summed E-state index contributed by atoms with van der Waals surface area (Å²) in [7, 11) is 0. The van der Waals surface area contributed by atoms with Crippen LogP contribution in [0, 0.1) is 33.5 Å². The molecule has 0 amide bonds. The molecule has 3 saturated carbocycles. The minimum Gasteiger partial charge on any atom is -0.461 e. The fourth-order valence-electron chi connectivity index (χ4n) is 9.91. The summed E-state index contributed by atoms with van der Waals surface area (Å²) < 4.78 is 11.6. The molecule has 216 valence electrons. The third-order valence-electron chi connectivity index (χ3n) is 12.1. The van der Waals surface area contributed by atoms with Crippen molar-refractivity contribution < 1.29 is 34.1 Å². The van der Waals surface area contributed by atoms with Gasteiger partial charge >= 0.3 is 11.9 Å². The van der Waals surface area contributed by atoms with Crippen LogP contribution >= 0.6 is 0 Å². The van der Waals surface area contributed by atoms with E-state index in [0.717, 1.165) is 37.7 Å². The molecule has 0 aromatic carbocycles. The molecule has 0 radical (unpaired) electrons. The van der Waals surface area contributed by atoms with Crippen LogP contribution in [0.3, 0.4) is 0 Å². The van der Waals surface area contributed by atoms with Gasteiger partial charge in [-0.15, -0.1) is 0 Å². The molecule has 0 aromatic rings. The molecule has 4 aliphatic carbocycles. The number of cyclic esters (lactones) is 1. The highest BCUT2D eigenvalue weighted by molar-refractivity contribution is 6.16. The maximum atomic E-state index is 13.6. The van der Waals surface area contributed by atoms with E-state index < -0.39 is 41.1 Å². The summed E-state index contributed by atoms with van der Waals surface area (Å²) in [6, 6.07) is 0. The second-order valence-electron chi connectivity index (χ2n) is 14.2. The predicted octanol–water partition coefficient (Wildman–Crippen LogP) is 5.18. The van der Waals surface area contributed by atoms with Gasteiger partial charge < -0.3 is 19.7 Å². The largest absolute Gasteiger partial charge is 0.461 e. The average molecular weight is 543 g/mol. The van der Waals surface area contributed by atoms with Gasteiger partial charge in [-0.1, -0.05) is 47.5 Å². The lowest BCUT2D eigenvalue weighted by Crippen LogP contribution is -2.63. The van der Waals surface area contributed by atoms with Gasteiger partial charge in [-0.3, -0.25) is 9.59 Å². The van der Waals surface area contributed by atoms with Crippen molar-refractivity contribution in [1.82, 2.24) is 0 Å². The maximum absolute atomic E-state index is 13.6. The third-order valence-corrected chi connectivity index (χ3v) is 12.1. The van der Waals surface area contributed by atoms with E-state index in [1.54, 1.807) is 6.08 Å². The van der Waals surface area contributed by atoms with E-state index in [9.17, 15) is 24.6 Å². The number of allylic oxidation sites excluding steroid dienone is 1. The summed E-state index contributed by atoms with van der Waals surface area (Å²) in [4.78, 5) is 40.1. The molecule has 7 nitrogen and oxygen atoms in total. The molecule has 1 unspecified atom stereocenters. The number of fused-ring (bicyclic) bond motifs is 6. The maximum Gasteiger partial charge on any atom is 0.338 e. The van der Waals surface area contributed by atoms with Crippen LogP contribution in [0.5, 0.6) is 0 Å². The zero-order valence-electron chi connectivity index (χ0n) is 24.7. The van der Waals surface area contributed by atoms with Crippen molar-refractivity contribution in [3.8, 4) is 0 Å². The number of carbonyl (C=O) groups is 3. The Bertz CT molecular complexity index is 1170. The van der Waals surface area contributed by atoms with Gasteiger partial charge in [0.25, 0.3) is 0 Å². The number of hydrogen-bond donors (Lipinski definition) is 2. The minimum atomic E-state index is -2.03. The minimum absolute atomic E-state index is 0.0227. The first kappa shape index (κ1) is 28.5. The van der Waals surface area contributed by atoms with Crippen LogP contribution in [-0.2, 0) is 23.9 Å². The van der Waals surface area contributed by atoms with Crippen molar-refractivity contribution in [2.24, 2.45) is 33.5 Å². The molecular weight excluding hydrogens is 496 g/mol. The van der Waals surface area contributed by atoms with E-state index >= 15 is 0 Å². The van der Waals surface area contributed by atoms with Crippen LogP contribution in [0.1, 0.15) is 106 Å². The number of rotatable bonds is 5. The molecule has 0 spiro atoms. The van der Waals surface area contributed by atoms with Crippen LogP contribution < -0.4 is 0 Å². The van der Waals surface area contributed by atoms with Crippen molar-refractivity contribution in [2.45, 2.75) is 124 Å². The molecule has 0 bridgehead atoms. The van der Waals surface area contributed by atoms with E-state index in [-0.39, 0.29) is 39.7 Å². The van der Waals surface area contributed by atoms with Gasteiger partial charge in [-0.2, -0.15) is 0 Å². The normalized spacial score (nSPS) is 45.9. The van der Waals surface area contributed by atoms with E-state index in [4.69, 9.17) is 9.47 Å². The number of aliphatic hydroxyl groups is 2. The zero-order valence-corrected chi connectivity index (χ0v) is 24.7. The van der Waals surface area contributed by atoms with Gasteiger partial charge in [0.2, 0.25) is 5.79 Å². The van der Waals surface area contributed by atoms with E-state index in [2.05, 4.69) is 27.7 Å². The second kappa shape index (κ2) is 9.01. The number of esters is 2. The highest BCUT2D eigenvalue weighted by Gasteiger charge is 2.69.